The molecule has 2 aromatic heterocycles. The van der Waals surface area contributed by atoms with Crippen molar-refractivity contribution < 1.29 is 32.2 Å². The first-order valence-electron chi connectivity index (χ1n) is 9.10. The molecular formula is C19H16ClF3N4O5. The number of aromatic nitrogens is 4. The number of carbonyl (C=O) groups is 1. The lowest BCUT2D eigenvalue weighted by Gasteiger charge is -2.13. The smallest absolute Gasteiger partial charge is 0.355 e. The molecular weight excluding hydrogens is 457 g/mol. The fourth-order valence-corrected chi connectivity index (χ4v) is 2.82. The van der Waals surface area contributed by atoms with E-state index in [9.17, 15) is 22.8 Å². The van der Waals surface area contributed by atoms with E-state index in [-0.39, 0.29) is 39.4 Å². The Hall–Kier alpha value is -3.54. The van der Waals surface area contributed by atoms with Crippen molar-refractivity contribution in [2.45, 2.75) is 20.4 Å². The number of halogens is 4. The second-order valence-corrected chi connectivity index (χ2v) is 6.53. The fourth-order valence-electron chi connectivity index (χ4n) is 2.63. The van der Waals surface area contributed by atoms with E-state index in [1.807, 2.05) is 0 Å². The zero-order chi connectivity index (χ0) is 23.4. The molecule has 0 bridgehead atoms. The van der Waals surface area contributed by atoms with Gasteiger partial charge < -0.3 is 14.2 Å². The number of alkyl halides is 2. The number of aryl methyl sites for hydroxylation is 1. The summed E-state index contributed by atoms with van der Waals surface area (Å²) in [6.45, 7) is -0.612. The minimum atomic E-state index is -3.16. The van der Waals surface area contributed by atoms with Crippen LogP contribution >= 0.6 is 11.6 Å². The van der Waals surface area contributed by atoms with Gasteiger partial charge in [-0.2, -0.15) is 13.5 Å². The van der Waals surface area contributed by atoms with Crippen molar-refractivity contribution in [2.24, 2.45) is 0 Å². The number of rotatable bonds is 8. The first kappa shape index (κ1) is 23.1. The molecule has 0 atom stereocenters. The van der Waals surface area contributed by atoms with Crippen molar-refractivity contribution in [3.05, 3.63) is 57.6 Å². The summed E-state index contributed by atoms with van der Waals surface area (Å²) in [5.41, 5.74) is -1.71. The molecule has 0 saturated carbocycles. The summed E-state index contributed by atoms with van der Waals surface area (Å²) < 4.78 is 57.0. The molecule has 3 aromatic rings. The molecule has 0 N–H and O–H groups in total. The molecule has 13 heteroatoms. The maximum absolute atomic E-state index is 14.5. The summed E-state index contributed by atoms with van der Waals surface area (Å²) >= 11 is 6.05. The Kier molecular flexibility index (Phi) is 7.03. The van der Waals surface area contributed by atoms with E-state index in [4.69, 9.17) is 25.8 Å². The van der Waals surface area contributed by atoms with Crippen molar-refractivity contribution in [3.8, 4) is 23.1 Å². The zero-order valence-corrected chi connectivity index (χ0v) is 17.5. The van der Waals surface area contributed by atoms with E-state index in [0.29, 0.717) is 4.68 Å². The van der Waals surface area contributed by atoms with E-state index in [1.165, 1.54) is 25.3 Å². The van der Waals surface area contributed by atoms with Gasteiger partial charge in [-0.15, -0.1) is 5.10 Å². The van der Waals surface area contributed by atoms with Crippen molar-refractivity contribution in [3.63, 3.8) is 0 Å². The largest absolute Gasteiger partial charge is 0.463 e. The Labute approximate surface area is 183 Å². The van der Waals surface area contributed by atoms with Gasteiger partial charge in [0.05, 0.1) is 11.6 Å². The van der Waals surface area contributed by atoms with Gasteiger partial charge in [-0.25, -0.2) is 23.5 Å². The Morgan fingerprint density at radius 1 is 1.28 bits per heavy atom. The number of hydrogen-bond acceptors (Lipinski definition) is 7. The van der Waals surface area contributed by atoms with E-state index in [0.717, 1.165) is 12.1 Å². The van der Waals surface area contributed by atoms with Crippen molar-refractivity contribution >= 4 is 17.6 Å². The number of carbonyl (C=O) groups excluding carboxylic acids is 1. The van der Waals surface area contributed by atoms with Crippen LogP contribution < -0.4 is 15.2 Å². The average molecular weight is 473 g/mol. The van der Waals surface area contributed by atoms with Gasteiger partial charge in [0.15, 0.2) is 18.2 Å². The Bertz CT molecular complexity index is 1200. The summed E-state index contributed by atoms with van der Waals surface area (Å²) in [5, 5.41) is 3.49. The lowest BCUT2D eigenvalue weighted by molar-refractivity contribution is -0.145. The van der Waals surface area contributed by atoms with Gasteiger partial charge in [0, 0.05) is 12.3 Å². The number of benzene rings is 1. The quantitative estimate of drug-likeness (QED) is 0.461. The van der Waals surface area contributed by atoms with Gasteiger partial charge in [0.25, 0.3) is 5.88 Å². The average Bonchev–Trinajstić information content (AvgIpc) is 3.03. The predicted molar refractivity (Wildman–Crippen MR) is 105 cm³/mol. The van der Waals surface area contributed by atoms with Gasteiger partial charge in [-0.1, -0.05) is 11.6 Å². The van der Waals surface area contributed by atoms with Crippen LogP contribution in [0.3, 0.4) is 0 Å². The van der Waals surface area contributed by atoms with Crippen LogP contribution in [0.5, 0.6) is 17.4 Å². The SMILES string of the molecule is CCOC(=O)COc1ncccc1Oc1cc(-n2nc(C)n(C(F)F)c2=O)c(F)cc1Cl. The van der Waals surface area contributed by atoms with Crippen molar-refractivity contribution in [1.82, 2.24) is 19.3 Å². The van der Waals surface area contributed by atoms with Gasteiger partial charge in [0.2, 0.25) is 0 Å². The minimum Gasteiger partial charge on any atom is -0.463 e. The van der Waals surface area contributed by atoms with Crippen LogP contribution in [0.25, 0.3) is 5.69 Å². The predicted octanol–water partition coefficient (Wildman–Crippen LogP) is 3.66. The van der Waals surface area contributed by atoms with E-state index in [1.54, 1.807) is 6.92 Å². The van der Waals surface area contributed by atoms with Crippen molar-refractivity contribution in [2.75, 3.05) is 13.2 Å². The second kappa shape index (κ2) is 9.73. The van der Waals surface area contributed by atoms with Crippen LogP contribution in [-0.2, 0) is 9.53 Å². The molecule has 0 spiro atoms. The van der Waals surface area contributed by atoms with Crippen LogP contribution in [0.1, 0.15) is 19.3 Å². The first-order chi connectivity index (χ1) is 15.2. The standard InChI is InChI=1S/C19H16ClF3N4O5/c1-3-30-16(28)9-31-17-14(5-4-6-24-17)32-15-8-13(12(21)7-11(15)20)27-19(29)26(18(22)23)10(2)25-27/h4-8,18H,3,9H2,1-2H3. The molecule has 32 heavy (non-hydrogen) atoms. The summed E-state index contributed by atoms with van der Waals surface area (Å²) in [4.78, 5) is 27.7. The van der Waals surface area contributed by atoms with E-state index < -0.39 is 36.3 Å². The third-order valence-electron chi connectivity index (χ3n) is 3.99. The Balaban J connectivity index is 1.96. The third kappa shape index (κ3) is 4.85. The zero-order valence-electron chi connectivity index (χ0n) is 16.7. The van der Waals surface area contributed by atoms with E-state index >= 15 is 0 Å². The molecule has 0 radical (unpaired) electrons. The molecule has 0 unspecified atom stereocenters. The van der Waals surface area contributed by atoms with Gasteiger partial charge in [0.1, 0.15) is 17.3 Å². The third-order valence-corrected chi connectivity index (χ3v) is 4.29. The summed E-state index contributed by atoms with van der Waals surface area (Å²) in [5.74, 6) is -2.16. The molecule has 3 rings (SSSR count). The number of esters is 1. The Morgan fingerprint density at radius 3 is 2.69 bits per heavy atom. The molecule has 1 aromatic carbocycles. The Morgan fingerprint density at radius 2 is 2.03 bits per heavy atom. The van der Waals surface area contributed by atoms with Crippen molar-refractivity contribution in [1.29, 1.82) is 0 Å². The summed E-state index contributed by atoms with van der Waals surface area (Å²) in [6.07, 6.45) is 1.38. The minimum absolute atomic E-state index is 0.0119. The highest BCUT2D eigenvalue weighted by atomic mass is 35.5. The molecule has 0 aliphatic heterocycles. The lowest BCUT2D eigenvalue weighted by atomic mass is 10.3. The van der Waals surface area contributed by atoms with Crippen LogP contribution in [0, 0.1) is 12.7 Å². The highest BCUT2D eigenvalue weighted by Crippen LogP contribution is 2.36. The maximum Gasteiger partial charge on any atom is 0.355 e. The topological polar surface area (TPSA) is 97.5 Å². The van der Waals surface area contributed by atoms with Crippen LogP contribution in [-0.4, -0.2) is 38.5 Å². The normalized spacial score (nSPS) is 11.0. The molecule has 170 valence electrons. The van der Waals surface area contributed by atoms with Gasteiger partial charge in [-0.3, -0.25) is 0 Å². The molecule has 0 saturated heterocycles. The summed E-state index contributed by atoms with van der Waals surface area (Å²) in [6, 6.07) is 4.80. The summed E-state index contributed by atoms with van der Waals surface area (Å²) in [7, 11) is 0. The number of hydrogen-bond donors (Lipinski definition) is 0. The second-order valence-electron chi connectivity index (χ2n) is 6.13. The molecule has 9 nitrogen and oxygen atoms in total. The molecule has 0 amide bonds. The van der Waals surface area contributed by atoms with Crippen LogP contribution in [0.2, 0.25) is 5.02 Å². The molecule has 2 heterocycles. The highest BCUT2D eigenvalue weighted by molar-refractivity contribution is 6.32. The van der Waals surface area contributed by atoms with E-state index in [2.05, 4.69) is 10.1 Å². The number of ether oxygens (including phenoxy) is 3. The van der Waals surface area contributed by atoms with Gasteiger partial charge >= 0.3 is 18.2 Å². The van der Waals surface area contributed by atoms with Gasteiger partial charge in [-0.05, 0) is 32.0 Å². The monoisotopic (exact) mass is 472 g/mol. The first-order valence-corrected chi connectivity index (χ1v) is 9.47. The highest BCUT2D eigenvalue weighted by Gasteiger charge is 2.22. The lowest BCUT2D eigenvalue weighted by Crippen LogP contribution is -2.25. The number of nitrogens with zero attached hydrogens (tertiary/aromatic N) is 4. The molecule has 0 aliphatic rings. The molecule has 0 fully saturated rings. The number of pyridine rings is 1. The van der Waals surface area contributed by atoms with Crippen LogP contribution in [0.15, 0.2) is 35.3 Å². The molecule has 0 aliphatic carbocycles. The van der Waals surface area contributed by atoms with Crippen LogP contribution in [0.4, 0.5) is 13.2 Å². The maximum atomic E-state index is 14.5. The fraction of sp³-hybridized carbons (Fsp3) is 0.263.